The van der Waals surface area contributed by atoms with E-state index >= 15 is 0 Å². The Bertz CT molecular complexity index is 1410. The number of aliphatic hydroxyl groups is 7. The molecule has 7 N–H and O–H groups in total. The van der Waals surface area contributed by atoms with Gasteiger partial charge in [0.2, 0.25) is 11.8 Å². The maximum absolute atomic E-state index is 14.1. The summed E-state index contributed by atoms with van der Waals surface area (Å²) in [6, 6.07) is 5.78. The molecule has 4 amide bonds. The molecule has 1 aromatic carbocycles. The number of carbonyl (C=O) groups is 3. The van der Waals surface area contributed by atoms with Gasteiger partial charge >= 0.3 is 6.03 Å². The van der Waals surface area contributed by atoms with E-state index in [2.05, 4.69) is 6.92 Å². The third-order valence-electron chi connectivity index (χ3n) is 12.1. The molecule has 0 aromatic heterocycles. The zero-order valence-corrected chi connectivity index (χ0v) is 35.1. The number of rotatable bonds is 25. The van der Waals surface area contributed by atoms with E-state index in [1.165, 1.54) is 97.6 Å². The highest BCUT2D eigenvalue weighted by Crippen LogP contribution is 2.43. The summed E-state index contributed by atoms with van der Waals surface area (Å²) in [7, 11) is 2.36. The maximum atomic E-state index is 14.1. The fraction of sp³-hybridized carbons (Fsp3) is 0.791. The van der Waals surface area contributed by atoms with Gasteiger partial charge in [0, 0.05) is 14.1 Å². The van der Waals surface area contributed by atoms with Gasteiger partial charge in [-0.3, -0.25) is 19.4 Å². The van der Waals surface area contributed by atoms with Crippen LogP contribution in [0.25, 0.3) is 0 Å². The summed E-state index contributed by atoms with van der Waals surface area (Å²) in [5.41, 5.74) is -1.86. The molecule has 0 bridgehead atoms. The molecule has 0 spiro atoms. The molecule has 336 valence electrons. The number of carbonyl (C=O) groups excluding carboxylic acids is 3. The van der Waals surface area contributed by atoms with Crippen LogP contribution in [0.1, 0.15) is 115 Å². The molecule has 3 aliphatic heterocycles. The third-order valence-corrected chi connectivity index (χ3v) is 12.1. The van der Waals surface area contributed by atoms with Crippen molar-refractivity contribution in [1.82, 2.24) is 9.80 Å². The van der Waals surface area contributed by atoms with Crippen molar-refractivity contribution in [2.75, 3.05) is 33.9 Å². The summed E-state index contributed by atoms with van der Waals surface area (Å²) in [5.74, 6) is -1.43. The van der Waals surface area contributed by atoms with Crippen LogP contribution in [0.4, 0.5) is 4.79 Å². The Morgan fingerprint density at radius 2 is 1.10 bits per heavy atom. The minimum atomic E-state index is -2.31. The molecule has 3 fully saturated rings. The van der Waals surface area contributed by atoms with Crippen LogP contribution in [0.15, 0.2) is 24.3 Å². The van der Waals surface area contributed by atoms with Gasteiger partial charge < -0.3 is 54.7 Å². The summed E-state index contributed by atoms with van der Waals surface area (Å²) < 4.78 is 23.1. The summed E-state index contributed by atoms with van der Waals surface area (Å²) in [4.78, 5) is 42.6. The van der Waals surface area contributed by atoms with Crippen LogP contribution >= 0.6 is 0 Å². The number of ether oxygens (including phenoxy) is 4. The number of urea groups is 1. The lowest BCUT2D eigenvalue weighted by atomic mass is 9.69. The molecule has 16 heteroatoms. The molecule has 3 heterocycles. The smallest absolute Gasteiger partial charge is 0.332 e. The molecule has 1 aromatic rings. The number of imide groups is 2. The Morgan fingerprint density at radius 3 is 1.59 bits per heavy atom. The van der Waals surface area contributed by atoms with Gasteiger partial charge in [0.05, 0.1) is 19.8 Å². The van der Waals surface area contributed by atoms with E-state index in [0.29, 0.717) is 17.9 Å². The Balaban J connectivity index is 1.32. The quantitative estimate of drug-likeness (QED) is 0.0554. The van der Waals surface area contributed by atoms with E-state index in [9.17, 15) is 50.1 Å². The molecule has 10 atom stereocenters. The fourth-order valence-corrected chi connectivity index (χ4v) is 8.45. The molecule has 3 saturated heterocycles. The molecule has 0 aliphatic carbocycles. The first-order valence-electron chi connectivity index (χ1n) is 21.7. The predicted molar refractivity (Wildman–Crippen MR) is 215 cm³/mol. The Hall–Kier alpha value is -2.77. The van der Waals surface area contributed by atoms with E-state index in [0.717, 1.165) is 29.1 Å². The van der Waals surface area contributed by atoms with Gasteiger partial charge in [-0.1, -0.05) is 115 Å². The van der Waals surface area contributed by atoms with Crippen molar-refractivity contribution in [1.29, 1.82) is 0 Å². The van der Waals surface area contributed by atoms with Crippen LogP contribution < -0.4 is 4.74 Å². The molecule has 0 unspecified atom stereocenters. The minimum absolute atomic E-state index is 0.378. The molecule has 0 radical (unpaired) electrons. The number of hydrogen-bond acceptors (Lipinski definition) is 14. The monoisotopic (exact) mass is 838 g/mol. The topological polar surface area (TPSA) is 236 Å². The van der Waals surface area contributed by atoms with Gasteiger partial charge in [-0.15, -0.1) is 0 Å². The molecule has 0 saturated carbocycles. The maximum Gasteiger partial charge on any atom is 0.332 e. The lowest BCUT2D eigenvalue weighted by Gasteiger charge is -2.52. The molecule has 16 nitrogen and oxygen atoms in total. The average molecular weight is 839 g/mol. The number of barbiturate groups is 1. The van der Waals surface area contributed by atoms with Crippen LogP contribution in [-0.2, 0) is 30.2 Å². The highest BCUT2D eigenvalue weighted by atomic mass is 16.7. The zero-order valence-electron chi connectivity index (χ0n) is 35.1. The number of aliphatic hydroxyl groups excluding tert-OH is 7. The van der Waals surface area contributed by atoms with Gasteiger partial charge in [-0.25, -0.2) is 4.79 Å². The molecular formula is C43H70N2O14. The number of benzene rings is 1. The van der Waals surface area contributed by atoms with Crippen molar-refractivity contribution in [3.8, 4) is 5.75 Å². The molecular weight excluding hydrogens is 768 g/mol. The minimum Gasteiger partial charge on any atom is -0.494 e. The second-order valence-electron chi connectivity index (χ2n) is 16.5. The second kappa shape index (κ2) is 24.0. The van der Waals surface area contributed by atoms with E-state index < -0.39 is 97.7 Å². The summed E-state index contributed by atoms with van der Waals surface area (Å²) in [5, 5.41) is 73.9. The zero-order chi connectivity index (χ0) is 43.1. The average Bonchev–Trinajstić information content (AvgIpc) is 3.24. The van der Waals surface area contributed by atoms with Gasteiger partial charge in [-0.2, -0.15) is 0 Å². The van der Waals surface area contributed by atoms with E-state index in [1.54, 1.807) is 24.3 Å². The van der Waals surface area contributed by atoms with Crippen molar-refractivity contribution in [3.63, 3.8) is 0 Å². The third kappa shape index (κ3) is 12.2. The second-order valence-corrected chi connectivity index (χ2v) is 16.5. The first-order chi connectivity index (χ1) is 28.3. The van der Waals surface area contributed by atoms with Crippen LogP contribution in [0, 0.1) is 5.41 Å². The summed E-state index contributed by atoms with van der Waals surface area (Å²) in [6.07, 6.45) is 2.42. The Morgan fingerprint density at radius 1 is 0.610 bits per heavy atom. The molecule has 59 heavy (non-hydrogen) atoms. The van der Waals surface area contributed by atoms with Crippen LogP contribution in [-0.4, -0.2) is 159 Å². The number of amides is 4. The summed E-state index contributed by atoms with van der Waals surface area (Å²) >= 11 is 0. The first-order valence-corrected chi connectivity index (χ1v) is 21.7. The predicted octanol–water partition coefficient (Wildman–Crippen LogP) is 2.57. The molecule has 3 aliphatic rings. The highest BCUT2D eigenvalue weighted by molar-refractivity contribution is 6.19. The number of hydrogen-bond donors (Lipinski definition) is 7. The standard InChI is InChI=1S/C43H70N2O14/c1-4-5-6-7-8-9-10-11-12-13-14-15-16-17-18-19-24-56-29-22-20-28(21-23-29)25-43(40(53)44(2)42(55)45(3)41(43)54)38-35(51)34(50)37(31(27-47)57-38)59-39-36(52)33(49)32(48)30(26-46)58-39/h20-23,30-39,46-52H,4-19,24-27H2,1-3H3/t30-,31-,32+,33+,34-,35-,36-,37-,38-,39+/m1/s1. The van der Waals surface area contributed by atoms with Crippen molar-refractivity contribution in [2.45, 2.75) is 177 Å². The van der Waals surface area contributed by atoms with Gasteiger partial charge in [0.25, 0.3) is 0 Å². The van der Waals surface area contributed by atoms with Crippen molar-refractivity contribution in [2.24, 2.45) is 5.41 Å². The lowest BCUT2D eigenvalue weighted by molar-refractivity contribution is -0.345. The van der Waals surface area contributed by atoms with E-state index in [1.807, 2.05) is 0 Å². The van der Waals surface area contributed by atoms with E-state index in [4.69, 9.17) is 18.9 Å². The van der Waals surface area contributed by atoms with Gasteiger partial charge in [0.1, 0.15) is 60.7 Å². The number of unbranched alkanes of at least 4 members (excludes halogenated alkanes) is 15. The Kier molecular flexibility index (Phi) is 19.9. The first kappa shape index (κ1) is 48.9. The normalized spacial score (nSPS) is 30.0. The summed E-state index contributed by atoms with van der Waals surface area (Å²) in [6.45, 7) is 1.13. The largest absolute Gasteiger partial charge is 0.494 e. The number of nitrogens with zero attached hydrogens (tertiary/aromatic N) is 2. The van der Waals surface area contributed by atoms with Crippen LogP contribution in [0.2, 0.25) is 0 Å². The van der Waals surface area contributed by atoms with Crippen LogP contribution in [0.5, 0.6) is 5.75 Å². The van der Waals surface area contributed by atoms with Gasteiger partial charge in [-0.05, 0) is 30.5 Å². The fourth-order valence-electron chi connectivity index (χ4n) is 8.45. The van der Waals surface area contributed by atoms with Crippen LogP contribution in [0.3, 0.4) is 0 Å². The molecule has 4 rings (SSSR count). The van der Waals surface area contributed by atoms with E-state index in [-0.39, 0.29) is 6.42 Å². The SMILES string of the molecule is CCCCCCCCCCCCCCCCCCOc1ccc(CC2([C@@H]3O[C@H](CO)[C@@H](O[C@@H]4O[C@H](CO)[C@H](O)[C@H](O)[C@H]4O)[C@H](O)[C@H]3O)C(=O)N(C)C(=O)N(C)C2=O)cc1. The van der Waals surface area contributed by atoms with Crippen molar-refractivity contribution < 1.29 is 69.1 Å². The highest BCUT2D eigenvalue weighted by Gasteiger charge is 2.65. The lowest BCUT2D eigenvalue weighted by Crippen LogP contribution is -2.74. The van der Waals surface area contributed by atoms with Gasteiger partial charge in [0.15, 0.2) is 11.7 Å². The van der Waals surface area contributed by atoms with Crippen molar-refractivity contribution >= 4 is 17.8 Å². The Labute approximate surface area is 348 Å². The van der Waals surface area contributed by atoms with Crippen molar-refractivity contribution in [3.05, 3.63) is 29.8 Å².